The molecule has 1 fully saturated rings. The van der Waals surface area contributed by atoms with Crippen LogP contribution in [-0.2, 0) is 9.84 Å². The van der Waals surface area contributed by atoms with Crippen LogP contribution in [0.3, 0.4) is 0 Å². The van der Waals surface area contributed by atoms with Gasteiger partial charge >= 0.3 is 0 Å². The molecule has 0 unspecified atom stereocenters. The lowest BCUT2D eigenvalue weighted by Gasteiger charge is -2.11. The van der Waals surface area contributed by atoms with E-state index in [0.717, 1.165) is 12.8 Å². The van der Waals surface area contributed by atoms with Crippen molar-refractivity contribution in [3.63, 3.8) is 0 Å². The van der Waals surface area contributed by atoms with E-state index < -0.39 is 9.84 Å². The zero-order valence-corrected chi connectivity index (χ0v) is 9.57. The highest BCUT2D eigenvalue weighted by molar-refractivity contribution is 7.92. The molecule has 4 nitrogen and oxygen atoms in total. The van der Waals surface area contributed by atoms with Crippen molar-refractivity contribution in [2.75, 3.05) is 0 Å². The molecule has 0 aromatic carbocycles. The third-order valence-corrected chi connectivity index (χ3v) is 5.22. The van der Waals surface area contributed by atoms with Crippen molar-refractivity contribution in [2.45, 2.75) is 35.8 Å². The number of sulfone groups is 1. The summed E-state index contributed by atoms with van der Waals surface area (Å²) >= 11 is 0. The Labute approximate surface area is 94.9 Å². The van der Waals surface area contributed by atoms with Crippen LogP contribution in [0.25, 0.3) is 0 Å². The fourth-order valence-electron chi connectivity index (χ4n) is 2.08. The Morgan fingerprint density at radius 1 is 1.38 bits per heavy atom. The Morgan fingerprint density at radius 2 is 2.06 bits per heavy atom. The average molecular weight is 236 g/mol. The van der Waals surface area contributed by atoms with Crippen molar-refractivity contribution in [1.29, 1.82) is 5.26 Å². The van der Waals surface area contributed by atoms with E-state index in [1.165, 1.54) is 12.3 Å². The first-order valence-corrected chi connectivity index (χ1v) is 6.80. The highest BCUT2D eigenvalue weighted by Crippen LogP contribution is 2.30. The Morgan fingerprint density at radius 3 is 2.69 bits per heavy atom. The maximum absolute atomic E-state index is 12.2. The lowest BCUT2D eigenvalue weighted by atomic mass is 10.4. The van der Waals surface area contributed by atoms with Gasteiger partial charge in [0, 0.05) is 6.20 Å². The zero-order chi connectivity index (χ0) is 11.6. The molecule has 0 radical (unpaired) electrons. The number of pyridine rings is 1. The minimum absolute atomic E-state index is 0.00870. The van der Waals surface area contributed by atoms with Gasteiger partial charge < -0.3 is 0 Å². The maximum atomic E-state index is 12.2. The molecule has 1 aromatic heterocycles. The zero-order valence-electron chi connectivity index (χ0n) is 8.76. The standard InChI is InChI=1S/C11H12N2O2S/c12-8-10-11(6-3-7-13-10)16(14,15)9-4-1-2-5-9/h3,6-7,9H,1-2,4-5H2. The summed E-state index contributed by atoms with van der Waals surface area (Å²) in [4.78, 5) is 3.88. The van der Waals surface area contributed by atoms with Crippen molar-refractivity contribution in [2.24, 2.45) is 0 Å². The molecule has 0 aliphatic heterocycles. The van der Waals surface area contributed by atoms with E-state index in [9.17, 15) is 8.42 Å². The van der Waals surface area contributed by atoms with Crippen LogP contribution in [0.5, 0.6) is 0 Å². The molecule has 0 spiro atoms. The fourth-order valence-corrected chi connectivity index (χ4v) is 4.03. The van der Waals surface area contributed by atoms with E-state index in [4.69, 9.17) is 5.26 Å². The van der Waals surface area contributed by atoms with E-state index in [1.807, 2.05) is 6.07 Å². The molecule has 0 atom stereocenters. The molecule has 0 amide bonds. The molecule has 1 saturated carbocycles. The van der Waals surface area contributed by atoms with Gasteiger partial charge in [-0.15, -0.1) is 0 Å². The summed E-state index contributed by atoms with van der Waals surface area (Å²) in [5.41, 5.74) is 0.00870. The van der Waals surface area contributed by atoms with Gasteiger partial charge in [0.2, 0.25) is 0 Å². The van der Waals surface area contributed by atoms with E-state index in [2.05, 4.69) is 4.98 Å². The summed E-state index contributed by atoms with van der Waals surface area (Å²) in [5.74, 6) is 0. The largest absolute Gasteiger partial charge is 0.244 e. The first kappa shape index (κ1) is 11.1. The Balaban J connectivity index is 2.47. The minimum atomic E-state index is -3.37. The molecular weight excluding hydrogens is 224 g/mol. The predicted molar refractivity (Wildman–Crippen MR) is 58.4 cm³/mol. The van der Waals surface area contributed by atoms with Gasteiger partial charge in [-0.3, -0.25) is 0 Å². The molecule has 84 valence electrons. The number of nitrogens with zero attached hydrogens (tertiary/aromatic N) is 2. The number of hydrogen-bond donors (Lipinski definition) is 0. The van der Waals surface area contributed by atoms with Gasteiger partial charge in [-0.1, -0.05) is 12.8 Å². The molecule has 2 rings (SSSR count). The van der Waals surface area contributed by atoms with Crippen LogP contribution in [0.4, 0.5) is 0 Å². The molecule has 16 heavy (non-hydrogen) atoms. The van der Waals surface area contributed by atoms with Crippen LogP contribution in [0.1, 0.15) is 31.4 Å². The van der Waals surface area contributed by atoms with E-state index in [-0.39, 0.29) is 15.8 Å². The van der Waals surface area contributed by atoms with E-state index in [0.29, 0.717) is 12.8 Å². The lowest BCUT2D eigenvalue weighted by Crippen LogP contribution is -2.19. The van der Waals surface area contributed by atoms with Gasteiger partial charge in [0.15, 0.2) is 15.5 Å². The molecule has 0 bridgehead atoms. The van der Waals surface area contributed by atoms with Crippen LogP contribution in [0, 0.1) is 11.3 Å². The number of aromatic nitrogens is 1. The Kier molecular flexibility index (Phi) is 2.92. The molecule has 1 aromatic rings. The van der Waals surface area contributed by atoms with Gasteiger partial charge in [-0.05, 0) is 25.0 Å². The Hall–Kier alpha value is -1.41. The summed E-state index contributed by atoms with van der Waals surface area (Å²) in [7, 11) is -3.37. The van der Waals surface area contributed by atoms with Gasteiger partial charge in [0.25, 0.3) is 0 Å². The number of rotatable bonds is 2. The van der Waals surface area contributed by atoms with Crippen LogP contribution in [-0.4, -0.2) is 18.7 Å². The third kappa shape index (κ3) is 1.81. The monoisotopic (exact) mass is 236 g/mol. The lowest BCUT2D eigenvalue weighted by molar-refractivity contribution is 0.579. The maximum Gasteiger partial charge on any atom is 0.184 e. The highest BCUT2D eigenvalue weighted by atomic mass is 32.2. The van der Waals surface area contributed by atoms with Crippen LogP contribution in [0.2, 0.25) is 0 Å². The van der Waals surface area contributed by atoms with Crippen LogP contribution < -0.4 is 0 Å². The van der Waals surface area contributed by atoms with Gasteiger partial charge in [0.05, 0.1) is 5.25 Å². The van der Waals surface area contributed by atoms with Crippen LogP contribution >= 0.6 is 0 Å². The Bertz CT molecular complexity index is 525. The number of nitriles is 1. The normalized spacial score (nSPS) is 17.2. The van der Waals surface area contributed by atoms with Crippen molar-refractivity contribution in [3.8, 4) is 6.07 Å². The quantitative estimate of drug-likeness (QED) is 0.783. The molecule has 1 heterocycles. The molecule has 5 heteroatoms. The van der Waals surface area contributed by atoms with Crippen LogP contribution in [0.15, 0.2) is 23.2 Å². The van der Waals surface area contributed by atoms with Gasteiger partial charge in [-0.2, -0.15) is 5.26 Å². The van der Waals surface area contributed by atoms with Crippen molar-refractivity contribution < 1.29 is 8.42 Å². The van der Waals surface area contributed by atoms with Crippen molar-refractivity contribution >= 4 is 9.84 Å². The SMILES string of the molecule is N#Cc1ncccc1S(=O)(=O)C1CCCC1. The highest BCUT2D eigenvalue weighted by Gasteiger charge is 2.32. The average Bonchev–Trinajstić information content (AvgIpc) is 2.83. The summed E-state index contributed by atoms with van der Waals surface area (Å²) in [5, 5.41) is 8.52. The summed E-state index contributed by atoms with van der Waals surface area (Å²) in [6.45, 7) is 0. The third-order valence-electron chi connectivity index (χ3n) is 2.92. The fraction of sp³-hybridized carbons (Fsp3) is 0.455. The minimum Gasteiger partial charge on any atom is -0.244 e. The van der Waals surface area contributed by atoms with Crippen molar-refractivity contribution in [3.05, 3.63) is 24.0 Å². The van der Waals surface area contributed by atoms with Gasteiger partial charge in [-0.25, -0.2) is 13.4 Å². The summed E-state index contributed by atoms with van der Waals surface area (Å²) in [6.07, 6.45) is 4.73. The second kappa shape index (κ2) is 4.22. The summed E-state index contributed by atoms with van der Waals surface area (Å²) < 4.78 is 24.4. The van der Waals surface area contributed by atoms with E-state index >= 15 is 0 Å². The number of hydrogen-bond acceptors (Lipinski definition) is 4. The first-order chi connectivity index (χ1) is 7.66. The second-order valence-corrected chi connectivity index (χ2v) is 6.11. The first-order valence-electron chi connectivity index (χ1n) is 5.25. The molecule has 1 aliphatic rings. The molecule has 1 aliphatic carbocycles. The molecule has 0 N–H and O–H groups in total. The smallest absolute Gasteiger partial charge is 0.184 e. The molecule has 0 saturated heterocycles. The summed E-state index contributed by atoms with van der Waals surface area (Å²) in [6, 6.07) is 4.86. The van der Waals surface area contributed by atoms with Gasteiger partial charge in [0.1, 0.15) is 11.0 Å². The topological polar surface area (TPSA) is 70.8 Å². The van der Waals surface area contributed by atoms with Crippen molar-refractivity contribution in [1.82, 2.24) is 4.98 Å². The second-order valence-electron chi connectivity index (χ2n) is 3.91. The van der Waals surface area contributed by atoms with E-state index in [1.54, 1.807) is 6.07 Å². The molecular formula is C11H12N2O2S. The predicted octanol–water partition coefficient (Wildman–Crippen LogP) is 1.67.